The minimum Gasteiger partial charge on any atom is -0.470 e. The molecule has 82 valence electrons. The van der Waals surface area contributed by atoms with Gasteiger partial charge in [-0.05, 0) is 17.8 Å². The van der Waals surface area contributed by atoms with E-state index in [9.17, 15) is 0 Å². The Morgan fingerprint density at radius 3 is 2.81 bits per heavy atom. The molecule has 1 aromatic carbocycles. The zero-order valence-electron chi connectivity index (χ0n) is 8.74. The average Bonchev–Trinajstić information content (AvgIpc) is 2.84. The molecule has 0 bridgehead atoms. The molecule has 4 heteroatoms. The normalized spacial score (nSPS) is 10.0. The van der Waals surface area contributed by atoms with E-state index in [1.165, 1.54) is 5.56 Å². The molecule has 2 aromatic rings. The lowest BCUT2D eigenvalue weighted by molar-refractivity contribution is 0.305. The van der Waals surface area contributed by atoms with E-state index in [1.54, 1.807) is 23.3 Å². The van der Waals surface area contributed by atoms with Crippen molar-refractivity contribution in [3.8, 4) is 0 Å². The maximum absolute atomic E-state index is 5.44. The van der Waals surface area contributed by atoms with Crippen LogP contribution >= 0.6 is 12.2 Å². The standard InChI is InChI=1S/C12H12N2OS/c16-12(14-8-7-13-10-14)15-9-6-11-4-2-1-3-5-11/h1-5,7-8,10H,6,9H2. The number of ether oxygens (including phenoxy) is 1. The molecule has 0 unspecified atom stereocenters. The van der Waals surface area contributed by atoms with Gasteiger partial charge >= 0.3 is 0 Å². The largest absolute Gasteiger partial charge is 0.470 e. The van der Waals surface area contributed by atoms with Crippen LogP contribution in [0.3, 0.4) is 0 Å². The van der Waals surface area contributed by atoms with Crippen molar-refractivity contribution in [1.82, 2.24) is 9.55 Å². The van der Waals surface area contributed by atoms with Crippen LogP contribution < -0.4 is 0 Å². The van der Waals surface area contributed by atoms with Crippen LogP contribution in [0.4, 0.5) is 0 Å². The van der Waals surface area contributed by atoms with Gasteiger partial charge in [-0.2, -0.15) is 0 Å². The molecule has 3 nitrogen and oxygen atoms in total. The second kappa shape index (κ2) is 5.42. The number of hydrogen-bond donors (Lipinski definition) is 0. The van der Waals surface area contributed by atoms with Crippen molar-refractivity contribution in [3.63, 3.8) is 0 Å². The number of thiocarbonyl (C=S) groups is 1. The van der Waals surface area contributed by atoms with Crippen molar-refractivity contribution in [2.24, 2.45) is 0 Å². The zero-order valence-corrected chi connectivity index (χ0v) is 9.56. The number of imidazole rings is 1. The molecule has 0 N–H and O–H groups in total. The molecule has 0 aliphatic rings. The van der Waals surface area contributed by atoms with E-state index >= 15 is 0 Å². The smallest absolute Gasteiger partial charge is 0.268 e. The van der Waals surface area contributed by atoms with E-state index < -0.39 is 0 Å². The highest BCUT2D eigenvalue weighted by Gasteiger charge is 1.99. The minimum absolute atomic E-state index is 0.438. The van der Waals surface area contributed by atoms with Gasteiger partial charge in [0, 0.05) is 18.8 Å². The van der Waals surface area contributed by atoms with Crippen molar-refractivity contribution in [2.75, 3.05) is 6.61 Å². The van der Waals surface area contributed by atoms with Gasteiger partial charge in [0.25, 0.3) is 5.17 Å². The third kappa shape index (κ3) is 2.90. The van der Waals surface area contributed by atoms with Gasteiger partial charge in [-0.1, -0.05) is 30.3 Å². The maximum atomic E-state index is 5.44. The fourth-order valence-corrected chi connectivity index (χ4v) is 1.53. The molecule has 0 aliphatic heterocycles. The van der Waals surface area contributed by atoms with Gasteiger partial charge in [-0.3, -0.25) is 4.57 Å². The summed E-state index contributed by atoms with van der Waals surface area (Å²) < 4.78 is 7.13. The Bertz CT molecular complexity index is 439. The summed E-state index contributed by atoms with van der Waals surface area (Å²) in [5, 5.41) is 0.438. The molecule has 1 aromatic heterocycles. The number of benzene rings is 1. The SMILES string of the molecule is S=C(OCCc1ccccc1)n1ccnc1. The van der Waals surface area contributed by atoms with E-state index in [2.05, 4.69) is 17.1 Å². The van der Waals surface area contributed by atoms with Gasteiger partial charge in [-0.15, -0.1) is 0 Å². The van der Waals surface area contributed by atoms with Gasteiger partial charge in [0.05, 0.1) is 6.61 Å². The number of hydrogen-bond acceptors (Lipinski definition) is 3. The Kier molecular flexibility index (Phi) is 3.66. The van der Waals surface area contributed by atoms with Gasteiger partial charge in [0.1, 0.15) is 6.33 Å². The Morgan fingerprint density at radius 1 is 1.31 bits per heavy atom. The first-order chi connectivity index (χ1) is 7.86. The minimum atomic E-state index is 0.438. The molecule has 0 spiro atoms. The second-order valence-corrected chi connectivity index (χ2v) is 3.67. The first-order valence-electron chi connectivity index (χ1n) is 5.05. The van der Waals surface area contributed by atoms with Crippen LogP contribution in [-0.2, 0) is 11.2 Å². The predicted molar refractivity (Wildman–Crippen MR) is 66.3 cm³/mol. The number of aromatic nitrogens is 2. The molecule has 0 fully saturated rings. The Labute approximate surface area is 99.7 Å². The molecule has 1 heterocycles. The van der Waals surface area contributed by atoms with E-state index in [0.29, 0.717) is 11.8 Å². The highest BCUT2D eigenvalue weighted by molar-refractivity contribution is 7.80. The molecule has 0 saturated heterocycles. The van der Waals surface area contributed by atoms with Crippen molar-refractivity contribution in [3.05, 3.63) is 54.6 Å². The fraction of sp³-hybridized carbons (Fsp3) is 0.167. The van der Waals surface area contributed by atoms with Gasteiger partial charge in [0.15, 0.2) is 0 Å². The van der Waals surface area contributed by atoms with E-state index in [4.69, 9.17) is 17.0 Å². The summed E-state index contributed by atoms with van der Waals surface area (Å²) in [6.45, 7) is 0.584. The molecule has 0 saturated carbocycles. The molecular weight excluding hydrogens is 220 g/mol. The summed E-state index contributed by atoms with van der Waals surface area (Å²) in [6, 6.07) is 10.2. The van der Waals surface area contributed by atoms with Crippen molar-refractivity contribution in [2.45, 2.75) is 6.42 Å². The summed E-state index contributed by atoms with van der Waals surface area (Å²) in [6.07, 6.45) is 5.93. The Balaban J connectivity index is 1.79. The van der Waals surface area contributed by atoms with E-state index in [0.717, 1.165) is 6.42 Å². The predicted octanol–water partition coefficient (Wildman–Crippen LogP) is 2.28. The van der Waals surface area contributed by atoms with E-state index in [-0.39, 0.29) is 0 Å². The third-order valence-electron chi connectivity index (χ3n) is 2.17. The molecule has 0 aliphatic carbocycles. The van der Waals surface area contributed by atoms with Crippen molar-refractivity contribution in [1.29, 1.82) is 0 Å². The van der Waals surface area contributed by atoms with Crippen molar-refractivity contribution < 1.29 is 4.74 Å². The van der Waals surface area contributed by atoms with Crippen molar-refractivity contribution >= 4 is 17.4 Å². The highest BCUT2D eigenvalue weighted by Crippen LogP contribution is 2.00. The van der Waals surface area contributed by atoms with Crippen LogP contribution in [-0.4, -0.2) is 21.3 Å². The first kappa shape index (κ1) is 10.8. The summed E-state index contributed by atoms with van der Waals surface area (Å²) >= 11 is 5.09. The summed E-state index contributed by atoms with van der Waals surface area (Å²) in [4.78, 5) is 3.90. The molecule has 0 atom stereocenters. The molecule has 0 amide bonds. The fourth-order valence-electron chi connectivity index (χ4n) is 1.34. The van der Waals surface area contributed by atoms with Gasteiger partial charge in [0.2, 0.25) is 0 Å². The molecule has 2 rings (SSSR count). The van der Waals surface area contributed by atoms with Gasteiger partial charge < -0.3 is 4.74 Å². The average molecular weight is 232 g/mol. The third-order valence-corrected chi connectivity index (χ3v) is 2.50. The van der Waals surface area contributed by atoms with Gasteiger partial charge in [-0.25, -0.2) is 4.98 Å². The number of rotatable bonds is 3. The molecular formula is C12H12N2OS. The second-order valence-electron chi connectivity index (χ2n) is 3.32. The monoisotopic (exact) mass is 232 g/mol. The van der Waals surface area contributed by atoms with Crippen LogP contribution in [0.1, 0.15) is 5.56 Å². The Hall–Kier alpha value is -1.68. The van der Waals surface area contributed by atoms with Crippen LogP contribution in [0.2, 0.25) is 0 Å². The Morgan fingerprint density at radius 2 is 2.12 bits per heavy atom. The van der Waals surface area contributed by atoms with Crippen LogP contribution in [0.5, 0.6) is 0 Å². The summed E-state index contributed by atoms with van der Waals surface area (Å²) in [5.74, 6) is 0. The topological polar surface area (TPSA) is 27.1 Å². The molecule has 16 heavy (non-hydrogen) atoms. The lowest BCUT2D eigenvalue weighted by atomic mass is 10.2. The first-order valence-corrected chi connectivity index (χ1v) is 5.46. The van der Waals surface area contributed by atoms with Crippen LogP contribution in [0.25, 0.3) is 0 Å². The maximum Gasteiger partial charge on any atom is 0.268 e. The summed E-state index contributed by atoms with van der Waals surface area (Å²) in [5.41, 5.74) is 1.25. The van der Waals surface area contributed by atoms with E-state index in [1.807, 2.05) is 18.2 Å². The zero-order chi connectivity index (χ0) is 11.2. The van der Waals surface area contributed by atoms with Crippen LogP contribution in [0, 0.1) is 0 Å². The lowest BCUT2D eigenvalue weighted by Gasteiger charge is -2.07. The number of nitrogens with zero attached hydrogens (tertiary/aromatic N) is 2. The molecule has 0 radical (unpaired) electrons. The van der Waals surface area contributed by atoms with Crippen LogP contribution in [0.15, 0.2) is 49.1 Å². The highest BCUT2D eigenvalue weighted by atomic mass is 32.1. The quantitative estimate of drug-likeness (QED) is 0.760. The lowest BCUT2D eigenvalue weighted by Crippen LogP contribution is -2.13. The summed E-state index contributed by atoms with van der Waals surface area (Å²) in [7, 11) is 0.